The summed E-state index contributed by atoms with van der Waals surface area (Å²) >= 11 is 0. The average Bonchev–Trinajstić information content (AvgIpc) is 2.85. The summed E-state index contributed by atoms with van der Waals surface area (Å²) in [5.74, 6) is 0.935. The highest BCUT2D eigenvalue weighted by atomic mass is 31.2. The van der Waals surface area contributed by atoms with Gasteiger partial charge in [-0.05, 0) is 54.1 Å². The first-order valence-corrected chi connectivity index (χ1v) is 12.3. The molecule has 0 fully saturated rings. The maximum Gasteiger partial charge on any atom is 0.433 e. The van der Waals surface area contributed by atoms with Gasteiger partial charge in [-0.3, -0.25) is 0 Å². The van der Waals surface area contributed by atoms with Crippen LogP contribution in [0.3, 0.4) is 0 Å². The van der Waals surface area contributed by atoms with Crippen LogP contribution in [0.2, 0.25) is 0 Å². The van der Waals surface area contributed by atoms with Crippen LogP contribution in [0.4, 0.5) is 5.69 Å². The van der Waals surface area contributed by atoms with E-state index in [2.05, 4.69) is 11.4 Å². The minimum Gasteiger partial charge on any atom is -0.416 e. The van der Waals surface area contributed by atoms with Crippen molar-refractivity contribution < 1.29 is 13.6 Å². The van der Waals surface area contributed by atoms with E-state index in [0.717, 1.165) is 11.3 Å². The van der Waals surface area contributed by atoms with Crippen molar-refractivity contribution in [1.82, 2.24) is 0 Å². The summed E-state index contributed by atoms with van der Waals surface area (Å²) in [5, 5.41) is 12.6. The van der Waals surface area contributed by atoms with Crippen molar-refractivity contribution in [2.75, 3.05) is 11.5 Å². The molecule has 4 aromatic rings. The number of nitriles is 1. The second-order valence-corrected chi connectivity index (χ2v) is 9.35. The van der Waals surface area contributed by atoms with E-state index < -0.39 is 13.6 Å². The van der Waals surface area contributed by atoms with Crippen molar-refractivity contribution in [3.05, 3.63) is 126 Å². The Labute approximate surface area is 193 Å². The van der Waals surface area contributed by atoms with Crippen molar-refractivity contribution >= 4 is 13.3 Å². The average molecular weight is 454 g/mol. The normalized spacial score (nSPS) is 11.7. The van der Waals surface area contributed by atoms with Gasteiger partial charge in [0, 0.05) is 5.69 Å². The van der Waals surface area contributed by atoms with Crippen LogP contribution in [0.25, 0.3) is 0 Å². The number of nitrogens with one attached hydrogen (secondary N) is 1. The molecule has 6 heteroatoms. The van der Waals surface area contributed by atoms with E-state index in [1.807, 2.05) is 78.9 Å². The molecule has 0 saturated carbocycles. The Morgan fingerprint density at radius 3 is 1.70 bits per heavy atom. The summed E-state index contributed by atoms with van der Waals surface area (Å²) in [5.41, 5.74) is 2.30. The number of hydrogen-bond acceptors (Lipinski definition) is 5. The minimum absolute atomic E-state index is 0.0670. The largest absolute Gasteiger partial charge is 0.433 e. The summed E-state index contributed by atoms with van der Waals surface area (Å²) in [6.07, 6.45) is 0.0670. The van der Waals surface area contributed by atoms with E-state index in [4.69, 9.17) is 14.3 Å². The van der Waals surface area contributed by atoms with Crippen LogP contribution in [0, 0.1) is 11.3 Å². The number of anilines is 1. The first-order chi connectivity index (χ1) is 16.1. The van der Waals surface area contributed by atoms with E-state index in [1.165, 1.54) is 0 Å². The monoisotopic (exact) mass is 454 g/mol. The molecule has 1 atom stereocenters. The highest BCUT2D eigenvalue weighted by molar-refractivity contribution is 7.54. The minimum atomic E-state index is -3.67. The predicted molar refractivity (Wildman–Crippen MR) is 131 cm³/mol. The van der Waals surface area contributed by atoms with Gasteiger partial charge in [0.15, 0.2) is 0 Å². The Kier molecular flexibility index (Phi) is 7.09. The molecule has 1 N–H and O–H groups in total. The van der Waals surface area contributed by atoms with Crippen LogP contribution in [0.15, 0.2) is 115 Å². The molecule has 0 bridgehead atoms. The van der Waals surface area contributed by atoms with Crippen LogP contribution in [-0.4, -0.2) is 6.16 Å². The second kappa shape index (κ2) is 10.5. The maximum absolute atomic E-state index is 14.1. The molecule has 0 spiro atoms. The molecule has 0 radical (unpaired) electrons. The molecular weight excluding hydrogens is 431 g/mol. The molecule has 1 unspecified atom stereocenters. The van der Waals surface area contributed by atoms with E-state index in [-0.39, 0.29) is 6.16 Å². The summed E-state index contributed by atoms with van der Waals surface area (Å²) in [6, 6.07) is 36.7. The van der Waals surface area contributed by atoms with Gasteiger partial charge < -0.3 is 14.4 Å². The van der Waals surface area contributed by atoms with Gasteiger partial charge in [0.2, 0.25) is 0 Å². The molecule has 5 nitrogen and oxygen atoms in total. The number of hydrogen-bond donors (Lipinski definition) is 1. The van der Waals surface area contributed by atoms with Crippen molar-refractivity contribution in [3.63, 3.8) is 0 Å². The Morgan fingerprint density at radius 1 is 0.727 bits per heavy atom. The molecule has 4 rings (SSSR count). The fraction of sp³-hybridized carbons (Fsp3) is 0.0741. The smallest absolute Gasteiger partial charge is 0.416 e. The molecule has 0 aliphatic rings. The van der Waals surface area contributed by atoms with Gasteiger partial charge >= 0.3 is 7.60 Å². The predicted octanol–water partition coefficient (Wildman–Crippen LogP) is 7.06. The van der Waals surface area contributed by atoms with Gasteiger partial charge in [-0.2, -0.15) is 5.26 Å². The molecule has 0 saturated heterocycles. The topological polar surface area (TPSA) is 71.4 Å². The maximum atomic E-state index is 14.1. The van der Waals surface area contributed by atoms with Crippen LogP contribution in [0.5, 0.6) is 11.5 Å². The van der Waals surface area contributed by atoms with Gasteiger partial charge in [-0.25, -0.2) is 4.57 Å². The molecule has 0 heterocycles. The van der Waals surface area contributed by atoms with Gasteiger partial charge in [-0.1, -0.05) is 66.7 Å². The summed E-state index contributed by atoms with van der Waals surface area (Å²) in [6.45, 7) is 0. The standard InChI is InChI=1S/C27H23N2O3P/c28-20-22-16-18-23(19-17-22)27(29-24-10-4-1-5-11-24)21-33(30,31-25-12-6-2-7-13-25)32-26-14-8-3-9-15-26/h1-19,27,29H,21H2. The molecule has 4 aromatic carbocycles. The molecule has 0 amide bonds. The second-order valence-electron chi connectivity index (χ2n) is 7.40. The van der Waals surface area contributed by atoms with Crippen LogP contribution in [-0.2, 0) is 4.57 Å². The van der Waals surface area contributed by atoms with Gasteiger partial charge in [0.1, 0.15) is 11.5 Å². The first-order valence-electron chi connectivity index (χ1n) is 10.5. The summed E-state index contributed by atoms with van der Waals surface area (Å²) in [7, 11) is -3.67. The fourth-order valence-electron chi connectivity index (χ4n) is 3.36. The lowest BCUT2D eigenvalue weighted by molar-refractivity contribution is 0.383. The molecule has 0 aromatic heterocycles. The molecule has 164 valence electrons. The fourth-order valence-corrected chi connectivity index (χ4v) is 5.18. The van der Waals surface area contributed by atoms with E-state index in [9.17, 15) is 4.57 Å². The molecular formula is C27H23N2O3P. The SMILES string of the molecule is N#Cc1ccc(C(CP(=O)(Oc2ccccc2)Oc2ccccc2)Nc2ccccc2)cc1. The van der Waals surface area contributed by atoms with Crippen molar-refractivity contribution in [1.29, 1.82) is 5.26 Å². The highest BCUT2D eigenvalue weighted by Gasteiger charge is 2.33. The quantitative estimate of drug-likeness (QED) is 0.274. The van der Waals surface area contributed by atoms with Crippen molar-refractivity contribution in [2.24, 2.45) is 0 Å². The van der Waals surface area contributed by atoms with Crippen LogP contribution in [0.1, 0.15) is 17.2 Å². The van der Waals surface area contributed by atoms with Crippen molar-refractivity contribution in [3.8, 4) is 17.6 Å². The molecule has 33 heavy (non-hydrogen) atoms. The lowest BCUT2D eigenvalue weighted by atomic mass is 10.1. The Hall–Kier alpha value is -4.00. The number of para-hydroxylation sites is 3. The van der Waals surface area contributed by atoms with Gasteiger partial charge in [0.25, 0.3) is 0 Å². The number of benzene rings is 4. The highest BCUT2D eigenvalue weighted by Crippen LogP contribution is 2.51. The summed E-state index contributed by atoms with van der Waals surface area (Å²) in [4.78, 5) is 0. The van der Waals surface area contributed by atoms with Gasteiger partial charge in [-0.15, -0.1) is 0 Å². The lowest BCUT2D eigenvalue weighted by Gasteiger charge is -2.26. The lowest BCUT2D eigenvalue weighted by Crippen LogP contribution is -2.19. The van der Waals surface area contributed by atoms with E-state index in [1.54, 1.807) is 36.4 Å². The Bertz CT molecular complexity index is 1200. The zero-order valence-corrected chi connectivity index (χ0v) is 18.8. The van der Waals surface area contributed by atoms with E-state index >= 15 is 0 Å². The van der Waals surface area contributed by atoms with Crippen LogP contribution < -0.4 is 14.4 Å². The third kappa shape index (κ3) is 6.26. The summed E-state index contributed by atoms with van der Waals surface area (Å²) < 4.78 is 26.1. The molecule has 0 aliphatic heterocycles. The third-order valence-corrected chi connectivity index (χ3v) is 6.73. The molecule has 0 aliphatic carbocycles. The number of nitrogens with zero attached hydrogens (tertiary/aromatic N) is 1. The number of rotatable bonds is 9. The Balaban J connectivity index is 1.68. The first kappa shape index (κ1) is 22.2. The Morgan fingerprint density at radius 2 is 1.21 bits per heavy atom. The van der Waals surface area contributed by atoms with Crippen molar-refractivity contribution in [2.45, 2.75) is 6.04 Å². The van der Waals surface area contributed by atoms with Crippen LogP contribution >= 0.6 is 7.60 Å². The zero-order chi connectivity index (χ0) is 22.9. The third-order valence-electron chi connectivity index (χ3n) is 4.94. The zero-order valence-electron chi connectivity index (χ0n) is 17.9. The van der Waals surface area contributed by atoms with Gasteiger partial charge in [0.05, 0.1) is 23.8 Å². The van der Waals surface area contributed by atoms with E-state index in [0.29, 0.717) is 17.1 Å².